The first-order valence-electron chi connectivity index (χ1n) is 8.19. The van der Waals surface area contributed by atoms with Gasteiger partial charge in [0.25, 0.3) is 6.34 Å². The maximum absolute atomic E-state index is 4.57. The predicted octanol–water partition coefficient (Wildman–Crippen LogP) is 4.71. The van der Waals surface area contributed by atoms with Crippen molar-refractivity contribution in [3.05, 3.63) is 63.2 Å². The fourth-order valence-corrected chi connectivity index (χ4v) is 3.93. The molecule has 0 aromatic heterocycles. The van der Waals surface area contributed by atoms with Crippen molar-refractivity contribution in [2.24, 2.45) is 4.99 Å². The predicted molar refractivity (Wildman–Crippen MR) is 98.7 cm³/mol. The minimum absolute atomic E-state index is 0.748. The fourth-order valence-electron chi connectivity index (χ4n) is 3.93. The Labute approximate surface area is 139 Å². The van der Waals surface area contributed by atoms with E-state index in [0.29, 0.717) is 0 Å². The van der Waals surface area contributed by atoms with Crippen molar-refractivity contribution in [2.75, 3.05) is 6.54 Å². The first kappa shape index (κ1) is 15.7. The van der Waals surface area contributed by atoms with Crippen LogP contribution in [0, 0.1) is 41.5 Å². The van der Waals surface area contributed by atoms with E-state index in [4.69, 9.17) is 0 Å². The van der Waals surface area contributed by atoms with E-state index in [1.54, 1.807) is 0 Å². The highest BCUT2D eigenvalue weighted by molar-refractivity contribution is 6.05. The molecule has 23 heavy (non-hydrogen) atoms. The first-order chi connectivity index (χ1) is 10.9. The molecule has 1 heterocycles. The molecule has 2 aromatic rings. The van der Waals surface area contributed by atoms with Gasteiger partial charge in [0.15, 0.2) is 12.3 Å². The fraction of sp³-hybridized carbons (Fsp3) is 0.333. The molecule has 0 N–H and O–H groups in total. The van der Waals surface area contributed by atoms with Crippen molar-refractivity contribution in [1.82, 2.24) is 0 Å². The molecule has 0 saturated heterocycles. The molecule has 2 nitrogen and oxygen atoms in total. The Balaban J connectivity index is 2.27. The van der Waals surface area contributed by atoms with Gasteiger partial charge in [0.1, 0.15) is 5.69 Å². The zero-order valence-corrected chi connectivity index (χ0v) is 15.0. The average Bonchev–Trinajstić information content (AvgIpc) is 2.85. The summed E-state index contributed by atoms with van der Waals surface area (Å²) in [6.45, 7) is 13.8. The number of hydrogen-bond donors (Lipinski definition) is 0. The van der Waals surface area contributed by atoms with Crippen LogP contribution in [-0.4, -0.2) is 23.2 Å². The third-order valence-electron chi connectivity index (χ3n) is 4.57. The molecule has 0 unspecified atom stereocenters. The number of hydrogen-bond acceptors (Lipinski definition) is 1. The summed E-state index contributed by atoms with van der Waals surface area (Å²) in [7, 11) is 0. The maximum Gasteiger partial charge on any atom is 0.286 e. The minimum atomic E-state index is 0.748. The quantitative estimate of drug-likeness (QED) is 0.714. The van der Waals surface area contributed by atoms with Gasteiger partial charge in [0.2, 0.25) is 0 Å². The topological polar surface area (TPSA) is 15.4 Å². The molecule has 3 rings (SSSR count). The van der Waals surface area contributed by atoms with Gasteiger partial charge in [-0.1, -0.05) is 40.4 Å². The number of benzene rings is 2. The molecule has 2 heteroatoms. The molecule has 0 bridgehead atoms. The Morgan fingerprint density at radius 2 is 1.22 bits per heavy atom. The largest absolute Gasteiger partial charge is 0.286 e. The normalized spacial score (nSPS) is 14.0. The van der Waals surface area contributed by atoms with Crippen LogP contribution >= 0.6 is 0 Å². The molecule has 0 aliphatic carbocycles. The van der Waals surface area contributed by atoms with E-state index < -0.39 is 0 Å². The van der Waals surface area contributed by atoms with E-state index in [0.717, 1.165) is 6.54 Å². The zero-order valence-electron chi connectivity index (χ0n) is 15.0. The summed E-state index contributed by atoms with van der Waals surface area (Å²) in [5, 5.41) is 0. The summed E-state index contributed by atoms with van der Waals surface area (Å²) in [6.07, 6.45) is 1.98. The molecular weight excluding hydrogens is 280 g/mol. The van der Waals surface area contributed by atoms with Crippen molar-refractivity contribution in [3.63, 3.8) is 0 Å². The highest BCUT2D eigenvalue weighted by Gasteiger charge is 2.26. The molecule has 0 spiro atoms. The summed E-state index contributed by atoms with van der Waals surface area (Å²) >= 11 is 0. The van der Waals surface area contributed by atoms with E-state index in [-0.39, 0.29) is 0 Å². The minimum Gasteiger partial charge on any atom is -0.195 e. The zero-order chi connectivity index (χ0) is 16.7. The van der Waals surface area contributed by atoms with Crippen molar-refractivity contribution in [3.8, 4) is 0 Å². The third kappa shape index (κ3) is 2.74. The van der Waals surface area contributed by atoms with Gasteiger partial charge in [-0.05, 0) is 63.8 Å². The van der Waals surface area contributed by atoms with E-state index in [1.165, 1.54) is 50.3 Å². The van der Waals surface area contributed by atoms with Crippen LogP contribution in [0.5, 0.6) is 0 Å². The van der Waals surface area contributed by atoms with Crippen LogP contribution in [0.4, 0.5) is 5.69 Å². The molecule has 1 aliphatic rings. The summed E-state index contributed by atoms with van der Waals surface area (Å²) < 4.78 is 2.29. The SMILES string of the molecule is Cc1cc(C)c(C2=[N+](c3c(C)cc(C)cc3C)C=NC2)c(C)c1. The molecule has 0 atom stereocenters. The van der Waals surface area contributed by atoms with Gasteiger partial charge in [-0.3, -0.25) is 0 Å². The Morgan fingerprint density at radius 3 is 1.74 bits per heavy atom. The Hall–Kier alpha value is -2.22. The molecule has 118 valence electrons. The number of aliphatic imine (C=N–C) groups is 1. The Kier molecular flexibility index (Phi) is 3.93. The number of rotatable bonds is 2. The van der Waals surface area contributed by atoms with E-state index in [2.05, 4.69) is 75.4 Å². The van der Waals surface area contributed by atoms with Crippen LogP contribution < -0.4 is 0 Å². The van der Waals surface area contributed by atoms with Crippen LogP contribution in [0.1, 0.15) is 38.9 Å². The van der Waals surface area contributed by atoms with E-state index in [9.17, 15) is 0 Å². The lowest BCUT2D eigenvalue weighted by Crippen LogP contribution is -2.18. The van der Waals surface area contributed by atoms with Gasteiger partial charge < -0.3 is 0 Å². The summed E-state index contributed by atoms with van der Waals surface area (Å²) in [6, 6.07) is 9.03. The van der Waals surface area contributed by atoms with Crippen LogP contribution in [-0.2, 0) is 0 Å². The smallest absolute Gasteiger partial charge is 0.195 e. The van der Waals surface area contributed by atoms with Gasteiger partial charge in [0.05, 0.1) is 0 Å². The number of aryl methyl sites for hydroxylation is 6. The lowest BCUT2D eigenvalue weighted by molar-refractivity contribution is -0.291. The summed E-state index contributed by atoms with van der Waals surface area (Å²) in [4.78, 5) is 4.57. The summed E-state index contributed by atoms with van der Waals surface area (Å²) in [5.74, 6) is 0. The molecule has 0 saturated carbocycles. The second-order valence-electron chi connectivity index (χ2n) is 6.79. The molecule has 2 aromatic carbocycles. The lowest BCUT2D eigenvalue weighted by atomic mass is 9.95. The number of nitrogens with zero attached hydrogens (tertiary/aromatic N) is 2. The second kappa shape index (κ2) is 5.77. The van der Waals surface area contributed by atoms with E-state index >= 15 is 0 Å². The van der Waals surface area contributed by atoms with Crippen molar-refractivity contribution < 1.29 is 4.58 Å². The van der Waals surface area contributed by atoms with Crippen LogP contribution in [0.3, 0.4) is 0 Å². The monoisotopic (exact) mass is 305 g/mol. The van der Waals surface area contributed by atoms with Gasteiger partial charge in [-0.2, -0.15) is 4.58 Å². The van der Waals surface area contributed by atoms with Crippen LogP contribution in [0.25, 0.3) is 0 Å². The second-order valence-corrected chi connectivity index (χ2v) is 6.79. The first-order valence-corrected chi connectivity index (χ1v) is 8.19. The maximum atomic E-state index is 4.57. The van der Waals surface area contributed by atoms with Crippen molar-refractivity contribution in [1.29, 1.82) is 0 Å². The lowest BCUT2D eigenvalue weighted by Gasteiger charge is -2.14. The molecule has 1 aliphatic heterocycles. The van der Waals surface area contributed by atoms with Crippen LogP contribution in [0.15, 0.2) is 29.3 Å². The van der Waals surface area contributed by atoms with Crippen LogP contribution in [0.2, 0.25) is 0 Å². The van der Waals surface area contributed by atoms with Gasteiger partial charge in [-0.15, -0.1) is 0 Å². The highest BCUT2D eigenvalue weighted by atomic mass is 15.1. The van der Waals surface area contributed by atoms with Gasteiger partial charge in [-0.25, -0.2) is 0 Å². The van der Waals surface area contributed by atoms with Crippen molar-refractivity contribution >= 4 is 17.7 Å². The molecular formula is C21H25N2+. The average molecular weight is 305 g/mol. The van der Waals surface area contributed by atoms with E-state index in [1.807, 2.05) is 6.34 Å². The summed E-state index contributed by atoms with van der Waals surface area (Å²) in [5.41, 5.74) is 11.8. The molecule has 0 radical (unpaired) electrons. The van der Waals surface area contributed by atoms with Gasteiger partial charge in [0, 0.05) is 5.56 Å². The Bertz CT molecular complexity index is 808. The van der Waals surface area contributed by atoms with Crippen molar-refractivity contribution in [2.45, 2.75) is 41.5 Å². The highest BCUT2D eigenvalue weighted by Crippen LogP contribution is 2.28. The molecule has 0 amide bonds. The molecule has 0 fully saturated rings. The standard InChI is InChI=1S/C21H25N2/c1-13-7-15(3)20(16(4)8-13)19-11-22-12-23(19)21-17(5)9-14(2)10-18(21)6/h7-10,12H,11H2,1-6H3/q+1. The third-order valence-corrected chi connectivity index (χ3v) is 4.57. The Morgan fingerprint density at radius 1 is 0.739 bits per heavy atom. The van der Waals surface area contributed by atoms with Gasteiger partial charge >= 0.3 is 0 Å².